The van der Waals surface area contributed by atoms with Crippen molar-refractivity contribution in [1.82, 2.24) is 4.98 Å². The highest BCUT2D eigenvalue weighted by molar-refractivity contribution is 5.83. The molecule has 1 atom stereocenters. The first-order valence-corrected chi connectivity index (χ1v) is 7.35. The molecule has 0 spiro atoms. The summed E-state index contributed by atoms with van der Waals surface area (Å²) in [6, 6.07) is 10.1. The van der Waals surface area contributed by atoms with Crippen molar-refractivity contribution >= 4 is 22.4 Å². The molecule has 0 saturated carbocycles. The van der Waals surface area contributed by atoms with Crippen molar-refractivity contribution in [3.63, 3.8) is 0 Å². The fourth-order valence-electron chi connectivity index (χ4n) is 2.98. The Morgan fingerprint density at radius 2 is 2.00 bits per heavy atom. The van der Waals surface area contributed by atoms with E-state index in [1.807, 2.05) is 18.2 Å². The number of hydrogen-bond donors (Lipinski definition) is 1. The third-order valence-corrected chi connectivity index (χ3v) is 4.44. The van der Waals surface area contributed by atoms with E-state index in [2.05, 4.69) is 37.8 Å². The van der Waals surface area contributed by atoms with Crippen molar-refractivity contribution in [3.05, 3.63) is 30.3 Å². The Kier molecular flexibility index (Phi) is 3.08. The molecule has 1 unspecified atom stereocenters. The number of fused-ring (bicyclic) bond motifs is 1. The summed E-state index contributed by atoms with van der Waals surface area (Å²) >= 11 is 0. The van der Waals surface area contributed by atoms with Crippen LogP contribution in [0.25, 0.3) is 10.9 Å². The largest absolute Gasteiger partial charge is 0.399 e. The fraction of sp³-hybridized carbons (Fsp3) is 0.471. The molecule has 0 radical (unpaired) electrons. The molecule has 1 aromatic heterocycles. The van der Waals surface area contributed by atoms with Crippen molar-refractivity contribution < 1.29 is 0 Å². The van der Waals surface area contributed by atoms with E-state index in [0.717, 1.165) is 41.4 Å². The van der Waals surface area contributed by atoms with Crippen LogP contribution >= 0.6 is 0 Å². The van der Waals surface area contributed by atoms with Gasteiger partial charge in [0.05, 0.1) is 5.52 Å². The van der Waals surface area contributed by atoms with Crippen LogP contribution < -0.4 is 10.6 Å². The number of nitrogens with zero attached hydrogens (tertiary/aromatic N) is 2. The van der Waals surface area contributed by atoms with Crippen molar-refractivity contribution in [3.8, 4) is 0 Å². The maximum absolute atomic E-state index is 5.81. The summed E-state index contributed by atoms with van der Waals surface area (Å²) < 4.78 is 0. The van der Waals surface area contributed by atoms with Crippen LogP contribution in [0.3, 0.4) is 0 Å². The molecule has 2 aromatic rings. The SMILES string of the molecule is CC(C)(C)C1CCN(c2ccc3cc(N)ccc3n2)C1. The second-order valence-electron chi connectivity index (χ2n) is 6.92. The monoisotopic (exact) mass is 269 g/mol. The van der Waals surface area contributed by atoms with Crippen molar-refractivity contribution in [1.29, 1.82) is 0 Å². The first-order chi connectivity index (χ1) is 9.43. The van der Waals surface area contributed by atoms with E-state index >= 15 is 0 Å². The molecular formula is C17H23N3. The highest BCUT2D eigenvalue weighted by atomic mass is 15.2. The van der Waals surface area contributed by atoms with Gasteiger partial charge < -0.3 is 10.6 Å². The van der Waals surface area contributed by atoms with Crippen LogP contribution in [0.2, 0.25) is 0 Å². The Hall–Kier alpha value is -1.77. The summed E-state index contributed by atoms with van der Waals surface area (Å²) in [6.07, 6.45) is 1.25. The van der Waals surface area contributed by atoms with Gasteiger partial charge >= 0.3 is 0 Å². The molecule has 1 aromatic carbocycles. The van der Waals surface area contributed by atoms with Gasteiger partial charge in [-0.2, -0.15) is 0 Å². The van der Waals surface area contributed by atoms with Crippen LogP contribution in [0, 0.1) is 11.3 Å². The van der Waals surface area contributed by atoms with E-state index in [0.29, 0.717) is 5.41 Å². The third kappa shape index (κ3) is 2.45. The Morgan fingerprint density at radius 3 is 2.70 bits per heavy atom. The van der Waals surface area contributed by atoms with Gasteiger partial charge in [-0.1, -0.05) is 20.8 Å². The number of anilines is 2. The van der Waals surface area contributed by atoms with E-state index in [1.165, 1.54) is 6.42 Å². The molecular weight excluding hydrogens is 246 g/mol. The van der Waals surface area contributed by atoms with E-state index < -0.39 is 0 Å². The average Bonchev–Trinajstić information content (AvgIpc) is 2.87. The standard InChI is InChI=1S/C17H23N3/c1-17(2,3)13-8-9-20(11-13)16-7-4-12-10-14(18)5-6-15(12)19-16/h4-7,10,13H,8-9,11,18H2,1-3H3. The van der Waals surface area contributed by atoms with Gasteiger partial charge in [0.25, 0.3) is 0 Å². The van der Waals surface area contributed by atoms with Crippen LogP contribution in [-0.4, -0.2) is 18.1 Å². The molecule has 2 N–H and O–H groups in total. The lowest BCUT2D eigenvalue weighted by atomic mass is 9.80. The zero-order valence-electron chi connectivity index (χ0n) is 12.6. The number of nitrogen functional groups attached to an aromatic ring is 1. The van der Waals surface area contributed by atoms with E-state index in [-0.39, 0.29) is 0 Å². The second-order valence-corrected chi connectivity index (χ2v) is 6.92. The average molecular weight is 269 g/mol. The van der Waals surface area contributed by atoms with E-state index in [9.17, 15) is 0 Å². The molecule has 0 bridgehead atoms. The summed E-state index contributed by atoms with van der Waals surface area (Å²) in [5.41, 5.74) is 8.00. The lowest BCUT2D eigenvalue weighted by Crippen LogP contribution is -2.26. The molecule has 1 aliphatic rings. The smallest absolute Gasteiger partial charge is 0.129 e. The zero-order valence-corrected chi connectivity index (χ0v) is 12.6. The predicted octanol–water partition coefficient (Wildman–Crippen LogP) is 3.69. The first-order valence-electron chi connectivity index (χ1n) is 7.35. The van der Waals surface area contributed by atoms with E-state index in [4.69, 9.17) is 10.7 Å². The van der Waals surface area contributed by atoms with Gasteiger partial charge in [0.1, 0.15) is 5.82 Å². The summed E-state index contributed by atoms with van der Waals surface area (Å²) in [4.78, 5) is 7.19. The Balaban J connectivity index is 1.87. The van der Waals surface area contributed by atoms with Crippen molar-refractivity contribution in [2.45, 2.75) is 27.2 Å². The number of pyridine rings is 1. The maximum atomic E-state index is 5.81. The van der Waals surface area contributed by atoms with Gasteiger partial charge in [-0.3, -0.25) is 0 Å². The molecule has 3 rings (SSSR count). The molecule has 3 nitrogen and oxygen atoms in total. The minimum atomic E-state index is 0.375. The molecule has 0 aliphatic carbocycles. The van der Waals surface area contributed by atoms with Crippen LogP contribution in [0.5, 0.6) is 0 Å². The van der Waals surface area contributed by atoms with Gasteiger partial charge in [0.2, 0.25) is 0 Å². The van der Waals surface area contributed by atoms with Crippen LogP contribution in [0.4, 0.5) is 11.5 Å². The van der Waals surface area contributed by atoms with Crippen molar-refractivity contribution in [2.24, 2.45) is 11.3 Å². The van der Waals surface area contributed by atoms with Gasteiger partial charge in [-0.15, -0.1) is 0 Å². The molecule has 1 aliphatic heterocycles. The molecule has 20 heavy (non-hydrogen) atoms. The van der Waals surface area contributed by atoms with Gasteiger partial charge in [-0.25, -0.2) is 4.98 Å². The number of benzene rings is 1. The maximum Gasteiger partial charge on any atom is 0.129 e. The summed E-state index contributed by atoms with van der Waals surface area (Å²) in [5, 5.41) is 1.11. The van der Waals surface area contributed by atoms with Gasteiger partial charge in [-0.05, 0) is 48.1 Å². The predicted molar refractivity (Wildman–Crippen MR) is 85.9 cm³/mol. The third-order valence-electron chi connectivity index (χ3n) is 4.44. The minimum Gasteiger partial charge on any atom is -0.399 e. The topological polar surface area (TPSA) is 42.1 Å². The number of nitrogens with two attached hydrogens (primary N) is 1. The van der Waals surface area contributed by atoms with Crippen molar-refractivity contribution in [2.75, 3.05) is 23.7 Å². The Labute approximate surface area is 120 Å². The Bertz CT molecular complexity index is 628. The van der Waals surface area contributed by atoms with Gasteiger partial charge in [0, 0.05) is 24.2 Å². The highest BCUT2D eigenvalue weighted by Gasteiger charge is 2.32. The number of rotatable bonds is 1. The molecule has 3 heteroatoms. The lowest BCUT2D eigenvalue weighted by molar-refractivity contribution is 0.263. The second kappa shape index (κ2) is 4.65. The highest BCUT2D eigenvalue weighted by Crippen LogP contribution is 2.35. The first kappa shape index (κ1) is 13.2. The minimum absolute atomic E-state index is 0.375. The molecule has 1 fully saturated rings. The summed E-state index contributed by atoms with van der Waals surface area (Å²) in [6.45, 7) is 9.21. The van der Waals surface area contributed by atoms with Crippen LogP contribution in [-0.2, 0) is 0 Å². The number of hydrogen-bond acceptors (Lipinski definition) is 3. The normalized spacial score (nSPS) is 19.8. The molecule has 106 valence electrons. The molecule has 0 amide bonds. The zero-order chi connectivity index (χ0) is 14.3. The van der Waals surface area contributed by atoms with E-state index in [1.54, 1.807) is 0 Å². The number of aromatic nitrogens is 1. The fourth-order valence-corrected chi connectivity index (χ4v) is 2.98. The van der Waals surface area contributed by atoms with Crippen LogP contribution in [0.1, 0.15) is 27.2 Å². The van der Waals surface area contributed by atoms with Crippen LogP contribution in [0.15, 0.2) is 30.3 Å². The molecule has 2 heterocycles. The molecule has 1 saturated heterocycles. The quantitative estimate of drug-likeness (QED) is 0.803. The summed E-state index contributed by atoms with van der Waals surface area (Å²) in [5.74, 6) is 1.83. The van der Waals surface area contributed by atoms with Gasteiger partial charge in [0.15, 0.2) is 0 Å². The summed E-state index contributed by atoms with van der Waals surface area (Å²) in [7, 11) is 0. The Morgan fingerprint density at radius 1 is 1.20 bits per heavy atom. The lowest BCUT2D eigenvalue weighted by Gasteiger charge is -2.27.